The third-order valence-electron chi connectivity index (χ3n) is 4.32. The summed E-state index contributed by atoms with van der Waals surface area (Å²) < 4.78 is 17.3. The van der Waals surface area contributed by atoms with Crippen molar-refractivity contribution in [3.05, 3.63) is 64.3 Å². The van der Waals surface area contributed by atoms with Crippen molar-refractivity contribution in [3.8, 4) is 0 Å². The maximum Gasteiger partial charge on any atom is 0.134 e. The van der Waals surface area contributed by atoms with Crippen LogP contribution in [0.25, 0.3) is 0 Å². The molecule has 6 heteroatoms. The molecule has 1 aromatic heterocycles. The van der Waals surface area contributed by atoms with E-state index in [0.29, 0.717) is 12.4 Å². The Kier molecular flexibility index (Phi) is 4.19. The van der Waals surface area contributed by atoms with Gasteiger partial charge in [0.1, 0.15) is 11.6 Å². The highest BCUT2D eigenvalue weighted by atomic mass is 35.5. The van der Waals surface area contributed by atoms with E-state index >= 15 is 0 Å². The Hall–Kier alpha value is -2.24. The van der Waals surface area contributed by atoms with Crippen molar-refractivity contribution in [1.82, 2.24) is 4.98 Å². The summed E-state index contributed by atoms with van der Waals surface area (Å²) in [7, 11) is 0. The van der Waals surface area contributed by atoms with Crippen LogP contribution in [0, 0.1) is 6.92 Å². The van der Waals surface area contributed by atoms with Crippen LogP contribution in [0.5, 0.6) is 0 Å². The minimum Gasteiger partial charge on any atom is -0.508 e. The summed E-state index contributed by atoms with van der Waals surface area (Å²) in [5.41, 5.74) is 1.29. The molecule has 0 saturated carbocycles. The van der Waals surface area contributed by atoms with Crippen LogP contribution in [-0.4, -0.2) is 33.8 Å². The number of nitrogens with zero attached hydrogens (tertiary/aromatic N) is 3. The predicted octanol–water partition coefficient (Wildman–Crippen LogP) is 4.15. The Balaban J connectivity index is 2.05. The largest absolute Gasteiger partial charge is 0.508 e. The molecule has 0 atom stereocenters. The van der Waals surface area contributed by atoms with E-state index in [-0.39, 0.29) is 16.4 Å². The van der Waals surface area contributed by atoms with Gasteiger partial charge in [-0.15, -0.1) is 0 Å². The van der Waals surface area contributed by atoms with Crippen LogP contribution in [0.3, 0.4) is 0 Å². The number of aliphatic hydroxyl groups is 2. The van der Waals surface area contributed by atoms with Gasteiger partial charge in [0.2, 0.25) is 0 Å². The fraction of sp³-hybridized carbons (Fsp3) is 0.350. The van der Waals surface area contributed by atoms with Crippen molar-refractivity contribution in [1.29, 1.82) is 0 Å². The zero-order valence-electron chi connectivity index (χ0n) is 17.3. The molecule has 3 rings (SSSR count). The Morgan fingerprint density at radius 2 is 2.08 bits per heavy atom. The first-order valence-electron chi connectivity index (χ1n) is 9.35. The number of hydrogen-bond donors (Lipinski definition) is 2. The van der Waals surface area contributed by atoms with E-state index in [1.54, 1.807) is 30.5 Å². The summed E-state index contributed by atoms with van der Waals surface area (Å²) in [6.07, 6.45) is 8.16. The molecule has 5 nitrogen and oxygen atoms in total. The van der Waals surface area contributed by atoms with E-state index in [9.17, 15) is 10.2 Å². The lowest BCUT2D eigenvalue weighted by Gasteiger charge is -2.33. The number of aromatic nitrogens is 1. The van der Waals surface area contributed by atoms with Crippen molar-refractivity contribution in [3.63, 3.8) is 0 Å². The van der Waals surface area contributed by atoms with E-state index in [0.717, 1.165) is 16.9 Å². The second kappa shape index (κ2) is 6.82. The molecule has 0 fully saturated rings. The molecule has 0 bridgehead atoms. The Bertz CT molecular complexity index is 930. The van der Waals surface area contributed by atoms with Gasteiger partial charge in [-0.2, -0.15) is 0 Å². The van der Waals surface area contributed by atoms with Crippen LogP contribution in [0.2, 0.25) is 0 Å². The summed E-state index contributed by atoms with van der Waals surface area (Å²) >= 11 is 6.22. The molecule has 2 aliphatic heterocycles. The molecule has 0 unspecified atom stereocenters. The number of pyridine rings is 1. The molecule has 0 radical (unpaired) electrons. The lowest BCUT2D eigenvalue weighted by Crippen LogP contribution is -2.34. The number of aliphatic hydroxyl groups excluding tert-OH is 1. The first-order chi connectivity index (χ1) is 12.9. The molecule has 3 heterocycles. The molecule has 0 aliphatic carbocycles. The summed E-state index contributed by atoms with van der Waals surface area (Å²) in [6.45, 7) is 5.29. The number of aryl methyl sites for hydroxylation is 1. The summed E-state index contributed by atoms with van der Waals surface area (Å²) in [5.74, 6) is 0.616. The maximum absolute atomic E-state index is 10.5. The minimum absolute atomic E-state index is 0.0787. The Morgan fingerprint density at radius 3 is 2.73 bits per heavy atom. The molecule has 0 spiro atoms. The molecule has 0 amide bonds. The molecule has 26 heavy (non-hydrogen) atoms. The lowest BCUT2D eigenvalue weighted by molar-refractivity contribution is 0.118. The van der Waals surface area contributed by atoms with Gasteiger partial charge in [-0.3, -0.25) is 0 Å². The van der Waals surface area contributed by atoms with E-state index in [2.05, 4.69) is 4.98 Å². The standard InChI is InChI=1S/C20H24ClN3O2/c1-13-11-22-19(10-18(13)24-8-5-15(25)9-14(24)2)23-7-6-17(21)16(12-23)20(3,4)26/h5-7,9-11,25-26H,8,12H2,1-4H3/i12D2. The number of rotatable bonds is 3. The van der Waals surface area contributed by atoms with Crippen molar-refractivity contribution >= 4 is 23.1 Å². The third kappa shape index (κ3) is 3.64. The summed E-state index contributed by atoms with van der Waals surface area (Å²) in [5, 5.41) is 20.4. The van der Waals surface area contributed by atoms with E-state index in [4.69, 9.17) is 14.3 Å². The topological polar surface area (TPSA) is 59.8 Å². The number of allylic oxidation sites excluding steroid dienone is 4. The van der Waals surface area contributed by atoms with Crippen LogP contribution >= 0.6 is 11.6 Å². The fourth-order valence-corrected chi connectivity index (χ4v) is 3.22. The van der Waals surface area contributed by atoms with Crippen LogP contribution in [0.1, 0.15) is 29.1 Å². The normalized spacial score (nSPS) is 21.3. The van der Waals surface area contributed by atoms with Gasteiger partial charge in [0.25, 0.3) is 0 Å². The van der Waals surface area contributed by atoms with Gasteiger partial charge in [-0.1, -0.05) is 11.6 Å². The fourth-order valence-electron chi connectivity index (χ4n) is 2.89. The zero-order valence-corrected chi connectivity index (χ0v) is 16.0. The van der Waals surface area contributed by atoms with E-state index in [1.165, 1.54) is 24.9 Å². The first-order valence-corrected chi connectivity index (χ1v) is 8.73. The second-order valence-electron chi connectivity index (χ2n) is 6.93. The van der Waals surface area contributed by atoms with Gasteiger partial charge >= 0.3 is 0 Å². The Morgan fingerprint density at radius 1 is 1.35 bits per heavy atom. The van der Waals surface area contributed by atoms with Crippen molar-refractivity contribution in [2.24, 2.45) is 0 Å². The van der Waals surface area contributed by atoms with Crippen LogP contribution in [0.15, 0.2) is 58.8 Å². The monoisotopic (exact) mass is 375 g/mol. The quantitative estimate of drug-likeness (QED) is 0.830. The van der Waals surface area contributed by atoms with E-state index < -0.39 is 12.1 Å². The van der Waals surface area contributed by atoms with Gasteiger partial charge in [-0.05, 0) is 57.1 Å². The molecule has 2 aliphatic rings. The smallest absolute Gasteiger partial charge is 0.134 e. The average Bonchev–Trinajstić information content (AvgIpc) is 2.54. The lowest BCUT2D eigenvalue weighted by atomic mass is 9.95. The van der Waals surface area contributed by atoms with Crippen molar-refractivity contribution in [2.75, 3.05) is 22.8 Å². The minimum atomic E-state index is -2.06. The van der Waals surface area contributed by atoms with Gasteiger partial charge < -0.3 is 20.0 Å². The third-order valence-corrected chi connectivity index (χ3v) is 4.63. The highest BCUT2D eigenvalue weighted by molar-refractivity contribution is 6.31. The molecule has 1 aromatic rings. The van der Waals surface area contributed by atoms with Crippen molar-refractivity contribution < 1.29 is 13.0 Å². The average molecular weight is 376 g/mol. The second-order valence-corrected chi connectivity index (χ2v) is 7.34. The summed E-state index contributed by atoms with van der Waals surface area (Å²) in [4.78, 5) is 7.79. The first kappa shape index (κ1) is 16.0. The number of halogens is 1. The van der Waals surface area contributed by atoms with Crippen LogP contribution in [0.4, 0.5) is 11.5 Å². The molecular formula is C20H24ClN3O2. The number of anilines is 2. The highest BCUT2D eigenvalue weighted by Gasteiger charge is 2.27. The predicted molar refractivity (Wildman–Crippen MR) is 106 cm³/mol. The van der Waals surface area contributed by atoms with Crippen LogP contribution < -0.4 is 9.80 Å². The zero-order chi connectivity index (χ0) is 20.9. The highest BCUT2D eigenvalue weighted by Crippen LogP contribution is 2.33. The number of hydrogen-bond acceptors (Lipinski definition) is 5. The van der Waals surface area contributed by atoms with Crippen molar-refractivity contribution in [2.45, 2.75) is 33.3 Å². The van der Waals surface area contributed by atoms with Gasteiger partial charge in [0, 0.05) is 47.9 Å². The Labute approximate surface area is 162 Å². The SMILES string of the molecule is [2H]C1([2H])C(C(C)(C)O)=C(Cl)C=CN1c1cc(N2CC=C(O)C=C2C)c(C)cn1. The maximum atomic E-state index is 10.5. The van der Waals surface area contributed by atoms with Gasteiger partial charge in [0.05, 0.1) is 8.34 Å². The molecule has 2 N–H and O–H groups in total. The van der Waals surface area contributed by atoms with Gasteiger partial charge in [0.15, 0.2) is 0 Å². The molecule has 0 aromatic carbocycles. The van der Waals surface area contributed by atoms with Crippen LogP contribution in [-0.2, 0) is 0 Å². The van der Waals surface area contributed by atoms with Gasteiger partial charge in [-0.25, -0.2) is 4.98 Å². The van der Waals surface area contributed by atoms with E-state index in [1.807, 2.05) is 18.7 Å². The molecule has 0 saturated heterocycles. The molecule has 138 valence electrons. The molecular weight excluding hydrogens is 350 g/mol. The summed E-state index contributed by atoms with van der Waals surface area (Å²) in [6, 6.07) is 1.80.